The van der Waals surface area contributed by atoms with Crippen molar-refractivity contribution in [2.75, 3.05) is 5.75 Å². The lowest BCUT2D eigenvalue weighted by molar-refractivity contribution is -0.134. The first-order chi connectivity index (χ1) is 10.0. The molecule has 0 fully saturated rings. The van der Waals surface area contributed by atoms with Gasteiger partial charge in [0.1, 0.15) is 0 Å². The van der Waals surface area contributed by atoms with Crippen LogP contribution in [0.15, 0.2) is 18.2 Å². The molecule has 0 bridgehead atoms. The second kappa shape index (κ2) is 7.13. The minimum absolute atomic E-state index is 0.128. The van der Waals surface area contributed by atoms with E-state index >= 15 is 0 Å². The van der Waals surface area contributed by atoms with E-state index in [1.165, 1.54) is 0 Å². The summed E-state index contributed by atoms with van der Waals surface area (Å²) in [4.78, 5) is 11.8. The van der Waals surface area contributed by atoms with Gasteiger partial charge in [-0.15, -0.1) is 0 Å². The van der Waals surface area contributed by atoms with Crippen molar-refractivity contribution in [3.63, 3.8) is 0 Å². The molecule has 0 aliphatic rings. The number of benzene rings is 1. The monoisotopic (exact) mass is 337 g/mol. The van der Waals surface area contributed by atoms with Crippen molar-refractivity contribution in [3.8, 4) is 0 Å². The zero-order valence-electron chi connectivity index (χ0n) is 12.3. The molecule has 8 heteroatoms. The van der Waals surface area contributed by atoms with Crippen LogP contribution in [0.5, 0.6) is 0 Å². The van der Waals surface area contributed by atoms with Gasteiger partial charge in [-0.2, -0.15) is 13.2 Å². The molecule has 0 radical (unpaired) electrons. The first kappa shape index (κ1) is 18.5. The van der Waals surface area contributed by atoms with E-state index < -0.39 is 40.7 Å². The summed E-state index contributed by atoms with van der Waals surface area (Å²) in [6.07, 6.45) is -6.30. The fraction of sp³-hybridized carbons (Fsp3) is 0.500. The van der Waals surface area contributed by atoms with Gasteiger partial charge in [0.05, 0.1) is 12.2 Å². The van der Waals surface area contributed by atoms with Crippen LogP contribution < -0.4 is 4.72 Å². The van der Waals surface area contributed by atoms with Crippen molar-refractivity contribution in [3.05, 3.63) is 34.9 Å². The Kier molecular flexibility index (Phi) is 5.99. The SMILES string of the molecule is Cc1cccc(C)c1CC(=O)NS(=O)(=O)CCCC(F)(F)F. The van der Waals surface area contributed by atoms with E-state index in [1.54, 1.807) is 26.0 Å². The zero-order valence-corrected chi connectivity index (χ0v) is 13.1. The highest BCUT2D eigenvalue weighted by Gasteiger charge is 2.27. The van der Waals surface area contributed by atoms with E-state index in [9.17, 15) is 26.4 Å². The fourth-order valence-corrected chi connectivity index (χ4v) is 3.06. The second-order valence-electron chi connectivity index (χ2n) is 5.11. The van der Waals surface area contributed by atoms with E-state index in [0.29, 0.717) is 5.56 Å². The van der Waals surface area contributed by atoms with Gasteiger partial charge in [-0.25, -0.2) is 8.42 Å². The number of hydrogen-bond acceptors (Lipinski definition) is 3. The molecule has 0 spiro atoms. The predicted molar refractivity (Wildman–Crippen MR) is 76.8 cm³/mol. The molecule has 4 nitrogen and oxygen atoms in total. The molecule has 1 aromatic carbocycles. The molecule has 0 aromatic heterocycles. The predicted octanol–water partition coefficient (Wildman–Crippen LogP) is 2.63. The van der Waals surface area contributed by atoms with E-state index in [4.69, 9.17) is 0 Å². The van der Waals surface area contributed by atoms with Crippen LogP contribution in [-0.2, 0) is 21.2 Å². The van der Waals surface area contributed by atoms with Gasteiger partial charge < -0.3 is 0 Å². The zero-order chi connectivity index (χ0) is 17.0. The summed E-state index contributed by atoms with van der Waals surface area (Å²) in [7, 11) is -4.05. The van der Waals surface area contributed by atoms with Gasteiger partial charge in [0, 0.05) is 6.42 Å². The Labute approximate surface area is 127 Å². The van der Waals surface area contributed by atoms with Crippen molar-refractivity contribution in [2.24, 2.45) is 0 Å². The first-order valence-electron chi connectivity index (χ1n) is 6.65. The quantitative estimate of drug-likeness (QED) is 0.868. The van der Waals surface area contributed by atoms with Crippen molar-refractivity contribution in [1.82, 2.24) is 4.72 Å². The third-order valence-corrected chi connectivity index (χ3v) is 4.49. The number of sulfonamides is 1. The average molecular weight is 337 g/mol. The summed E-state index contributed by atoms with van der Waals surface area (Å²) >= 11 is 0. The molecule has 0 heterocycles. The number of halogens is 3. The van der Waals surface area contributed by atoms with Crippen molar-refractivity contribution in [2.45, 2.75) is 39.3 Å². The Balaban J connectivity index is 2.60. The molecule has 0 saturated heterocycles. The smallest absolute Gasteiger partial charge is 0.274 e. The number of rotatable bonds is 6. The molecule has 1 amide bonds. The summed E-state index contributed by atoms with van der Waals surface area (Å²) in [5.74, 6) is -1.48. The van der Waals surface area contributed by atoms with Gasteiger partial charge in [-0.3, -0.25) is 9.52 Å². The largest absolute Gasteiger partial charge is 0.389 e. The lowest BCUT2D eigenvalue weighted by Crippen LogP contribution is -2.34. The van der Waals surface area contributed by atoms with E-state index in [0.717, 1.165) is 11.1 Å². The highest BCUT2D eigenvalue weighted by molar-refractivity contribution is 7.90. The molecule has 0 unspecified atom stereocenters. The molecule has 0 aliphatic heterocycles. The van der Waals surface area contributed by atoms with E-state index in [-0.39, 0.29) is 6.42 Å². The maximum Gasteiger partial charge on any atom is 0.389 e. The molecular weight excluding hydrogens is 319 g/mol. The van der Waals surface area contributed by atoms with Crippen molar-refractivity contribution >= 4 is 15.9 Å². The van der Waals surface area contributed by atoms with Crippen LogP contribution in [0.3, 0.4) is 0 Å². The summed E-state index contributed by atoms with van der Waals surface area (Å²) in [5.41, 5.74) is 2.42. The van der Waals surface area contributed by atoms with Crippen LogP contribution in [0.2, 0.25) is 0 Å². The number of hydrogen-bond donors (Lipinski definition) is 1. The minimum atomic E-state index is -4.40. The van der Waals surface area contributed by atoms with Crippen LogP contribution >= 0.6 is 0 Å². The minimum Gasteiger partial charge on any atom is -0.274 e. The summed E-state index contributed by atoms with van der Waals surface area (Å²) < 4.78 is 60.9. The number of aryl methyl sites for hydroxylation is 2. The van der Waals surface area contributed by atoms with E-state index in [2.05, 4.69) is 0 Å². The Hall–Kier alpha value is -1.57. The van der Waals surface area contributed by atoms with Crippen molar-refractivity contribution < 1.29 is 26.4 Å². The van der Waals surface area contributed by atoms with Gasteiger partial charge in [-0.05, 0) is 37.0 Å². The van der Waals surface area contributed by atoms with Gasteiger partial charge >= 0.3 is 6.18 Å². The third-order valence-electron chi connectivity index (χ3n) is 3.12. The molecule has 22 heavy (non-hydrogen) atoms. The number of amides is 1. The third kappa shape index (κ3) is 6.46. The second-order valence-corrected chi connectivity index (χ2v) is 6.95. The first-order valence-corrected chi connectivity index (χ1v) is 8.30. The van der Waals surface area contributed by atoms with Crippen LogP contribution in [0, 0.1) is 13.8 Å². The number of alkyl halides is 3. The molecule has 1 aromatic rings. The summed E-state index contributed by atoms with van der Waals surface area (Å²) in [6, 6.07) is 5.42. The van der Waals surface area contributed by atoms with Crippen LogP contribution in [0.4, 0.5) is 13.2 Å². The Bertz CT molecular complexity index is 619. The summed E-state index contributed by atoms with van der Waals surface area (Å²) in [5, 5.41) is 0. The number of nitrogens with one attached hydrogen (secondary N) is 1. The lowest BCUT2D eigenvalue weighted by atomic mass is 10.0. The van der Waals surface area contributed by atoms with Crippen LogP contribution in [0.1, 0.15) is 29.5 Å². The van der Waals surface area contributed by atoms with Crippen molar-refractivity contribution in [1.29, 1.82) is 0 Å². The van der Waals surface area contributed by atoms with Gasteiger partial charge in [0.15, 0.2) is 0 Å². The standard InChI is InChI=1S/C14H18F3NO3S/c1-10-5-3-6-11(2)12(10)9-13(19)18-22(20,21)8-4-7-14(15,16)17/h3,5-6H,4,7-9H2,1-2H3,(H,18,19). The molecule has 0 atom stereocenters. The normalized spacial score (nSPS) is 12.2. The Morgan fingerprint density at radius 2 is 1.73 bits per heavy atom. The van der Waals surface area contributed by atoms with Crippen LogP contribution in [-0.4, -0.2) is 26.3 Å². The molecule has 0 saturated carbocycles. The van der Waals surface area contributed by atoms with Gasteiger partial charge in [0.25, 0.3) is 0 Å². The van der Waals surface area contributed by atoms with Gasteiger partial charge in [-0.1, -0.05) is 18.2 Å². The molecule has 124 valence electrons. The Morgan fingerprint density at radius 3 is 2.23 bits per heavy atom. The topological polar surface area (TPSA) is 63.2 Å². The van der Waals surface area contributed by atoms with E-state index in [1.807, 2.05) is 10.8 Å². The fourth-order valence-electron chi connectivity index (χ4n) is 2.01. The Morgan fingerprint density at radius 1 is 1.18 bits per heavy atom. The van der Waals surface area contributed by atoms with Gasteiger partial charge in [0.2, 0.25) is 15.9 Å². The van der Waals surface area contributed by atoms with Crippen LogP contribution in [0.25, 0.3) is 0 Å². The molecule has 1 N–H and O–H groups in total. The highest BCUT2D eigenvalue weighted by atomic mass is 32.2. The lowest BCUT2D eigenvalue weighted by Gasteiger charge is -2.11. The molecule has 1 rings (SSSR count). The maximum atomic E-state index is 12.0. The molecular formula is C14H18F3NO3S. The maximum absolute atomic E-state index is 12.0. The summed E-state index contributed by atoms with van der Waals surface area (Å²) in [6.45, 7) is 3.60. The average Bonchev–Trinajstić information content (AvgIpc) is 2.31. The highest BCUT2D eigenvalue weighted by Crippen LogP contribution is 2.21. The number of carbonyl (C=O) groups excluding carboxylic acids is 1. The number of carbonyl (C=O) groups is 1. The molecule has 0 aliphatic carbocycles.